The van der Waals surface area contributed by atoms with Gasteiger partial charge in [-0.25, -0.2) is 0 Å². The molecule has 2 aliphatic heterocycles. The Kier molecular flexibility index (Phi) is 4.05. The van der Waals surface area contributed by atoms with Gasteiger partial charge in [-0.3, -0.25) is 9.59 Å². The molecule has 1 saturated heterocycles. The molecule has 22 heavy (non-hydrogen) atoms. The summed E-state index contributed by atoms with van der Waals surface area (Å²) in [6, 6.07) is 8.41. The Hall–Kier alpha value is -2.04. The standard InChI is InChI=1S/C17H23N3O2/c1-12-6-7-14(17(18)22)10-20(12)16(21)11-19-9-8-13-4-2-3-5-15(13)19/h2-5,12,14H,6-11H2,1H3,(H2,18,22)/t12-,14-/m1/s1. The zero-order valence-electron chi connectivity index (χ0n) is 13.0. The van der Waals surface area contributed by atoms with Crippen LogP contribution in [0.15, 0.2) is 24.3 Å². The van der Waals surface area contributed by atoms with Crippen LogP contribution < -0.4 is 10.6 Å². The van der Waals surface area contributed by atoms with Gasteiger partial charge in [0.25, 0.3) is 0 Å². The normalized spacial score (nSPS) is 24.2. The van der Waals surface area contributed by atoms with Crippen molar-refractivity contribution in [3.8, 4) is 0 Å². The first-order valence-corrected chi connectivity index (χ1v) is 7.98. The quantitative estimate of drug-likeness (QED) is 0.911. The minimum Gasteiger partial charge on any atom is -0.369 e. The zero-order valence-corrected chi connectivity index (χ0v) is 13.0. The summed E-state index contributed by atoms with van der Waals surface area (Å²) >= 11 is 0. The van der Waals surface area contributed by atoms with Crippen LogP contribution in [0.3, 0.4) is 0 Å². The second kappa shape index (κ2) is 5.99. The molecule has 118 valence electrons. The number of anilines is 1. The summed E-state index contributed by atoms with van der Waals surface area (Å²) in [6.45, 7) is 3.78. The van der Waals surface area contributed by atoms with Crippen molar-refractivity contribution >= 4 is 17.5 Å². The number of hydrogen-bond acceptors (Lipinski definition) is 3. The smallest absolute Gasteiger partial charge is 0.242 e. The largest absolute Gasteiger partial charge is 0.369 e. The summed E-state index contributed by atoms with van der Waals surface area (Å²) in [5.41, 5.74) is 7.88. The molecule has 0 unspecified atom stereocenters. The minimum atomic E-state index is -0.295. The Labute approximate surface area is 131 Å². The van der Waals surface area contributed by atoms with Gasteiger partial charge in [0, 0.05) is 24.8 Å². The second-order valence-corrected chi connectivity index (χ2v) is 6.37. The van der Waals surface area contributed by atoms with E-state index in [0.717, 1.165) is 31.5 Å². The molecule has 0 spiro atoms. The lowest BCUT2D eigenvalue weighted by Crippen LogP contribution is -2.51. The summed E-state index contributed by atoms with van der Waals surface area (Å²) in [7, 11) is 0. The van der Waals surface area contributed by atoms with Gasteiger partial charge in [0.1, 0.15) is 0 Å². The SMILES string of the molecule is C[C@@H]1CC[C@@H](C(N)=O)CN1C(=O)CN1CCc2ccccc21. The highest BCUT2D eigenvalue weighted by molar-refractivity contribution is 5.84. The first kappa shape index (κ1) is 14.9. The zero-order chi connectivity index (χ0) is 15.7. The third-order valence-corrected chi connectivity index (χ3v) is 4.91. The number of piperidine rings is 1. The Morgan fingerprint density at radius 2 is 2.05 bits per heavy atom. The first-order chi connectivity index (χ1) is 10.6. The molecule has 2 amide bonds. The molecule has 2 N–H and O–H groups in total. The van der Waals surface area contributed by atoms with Crippen molar-refractivity contribution in [3.63, 3.8) is 0 Å². The molecule has 0 aliphatic carbocycles. The van der Waals surface area contributed by atoms with Crippen LogP contribution in [0.4, 0.5) is 5.69 Å². The molecule has 0 aromatic heterocycles. The molecule has 2 heterocycles. The van der Waals surface area contributed by atoms with E-state index < -0.39 is 0 Å². The van der Waals surface area contributed by atoms with Crippen LogP contribution in [0.5, 0.6) is 0 Å². The van der Waals surface area contributed by atoms with Gasteiger partial charge in [-0.15, -0.1) is 0 Å². The molecule has 2 aliphatic rings. The van der Waals surface area contributed by atoms with Crippen LogP contribution >= 0.6 is 0 Å². The van der Waals surface area contributed by atoms with Gasteiger partial charge >= 0.3 is 0 Å². The highest BCUT2D eigenvalue weighted by Crippen LogP contribution is 2.28. The molecule has 0 bridgehead atoms. The van der Waals surface area contributed by atoms with Crippen molar-refractivity contribution in [2.75, 3.05) is 24.5 Å². The van der Waals surface area contributed by atoms with Gasteiger partial charge in [0.15, 0.2) is 0 Å². The van der Waals surface area contributed by atoms with Gasteiger partial charge in [-0.2, -0.15) is 0 Å². The third kappa shape index (κ3) is 2.80. The van der Waals surface area contributed by atoms with Crippen LogP contribution in [0, 0.1) is 5.92 Å². The van der Waals surface area contributed by atoms with E-state index in [1.807, 2.05) is 24.0 Å². The fourth-order valence-electron chi connectivity index (χ4n) is 3.51. The molecule has 5 heteroatoms. The lowest BCUT2D eigenvalue weighted by atomic mass is 9.93. The number of nitrogens with two attached hydrogens (primary N) is 1. The van der Waals surface area contributed by atoms with E-state index in [-0.39, 0.29) is 23.8 Å². The average molecular weight is 301 g/mol. The number of fused-ring (bicyclic) bond motifs is 1. The average Bonchev–Trinajstić information content (AvgIpc) is 2.90. The van der Waals surface area contributed by atoms with Gasteiger partial charge in [0.2, 0.25) is 11.8 Å². The van der Waals surface area contributed by atoms with Crippen LogP contribution in [0.25, 0.3) is 0 Å². The highest BCUT2D eigenvalue weighted by atomic mass is 16.2. The Morgan fingerprint density at radius 1 is 1.27 bits per heavy atom. The Balaban J connectivity index is 1.68. The number of rotatable bonds is 3. The topological polar surface area (TPSA) is 66.6 Å². The number of hydrogen-bond donors (Lipinski definition) is 1. The van der Waals surface area contributed by atoms with E-state index in [1.165, 1.54) is 5.56 Å². The fourth-order valence-corrected chi connectivity index (χ4v) is 3.51. The minimum absolute atomic E-state index is 0.0927. The molecule has 1 aromatic carbocycles. The van der Waals surface area contributed by atoms with Crippen molar-refractivity contribution in [3.05, 3.63) is 29.8 Å². The molecular weight excluding hydrogens is 278 g/mol. The van der Waals surface area contributed by atoms with Gasteiger partial charge in [-0.05, 0) is 37.8 Å². The third-order valence-electron chi connectivity index (χ3n) is 4.91. The second-order valence-electron chi connectivity index (χ2n) is 6.37. The molecular formula is C17H23N3O2. The fraction of sp³-hybridized carbons (Fsp3) is 0.529. The number of para-hydroxylation sites is 1. The predicted octanol–water partition coefficient (Wildman–Crippen LogP) is 1.16. The molecule has 0 saturated carbocycles. The molecule has 0 radical (unpaired) electrons. The summed E-state index contributed by atoms with van der Waals surface area (Å²) in [6.07, 6.45) is 2.62. The summed E-state index contributed by atoms with van der Waals surface area (Å²) in [5.74, 6) is -0.405. The van der Waals surface area contributed by atoms with Gasteiger partial charge in [-0.1, -0.05) is 18.2 Å². The predicted molar refractivity (Wildman–Crippen MR) is 85.5 cm³/mol. The Morgan fingerprint density at radius 3 is 2.82 bits per heavy atom. The van der Waals surface area contributed by atoms with E-state index in [1.54, 1.807) is 0 Å². The van der Waals surface area contributed by atoms with Crippen LogP contribution in [-0.4, -0.2) is 42.4 Å². The van der Waals surface area contributed by atoms with Crippen molar-refractivity contribution in [1.29, 1.82) is 0 Å². The van der Waals surface area contributed by atoms with Gasteiger partial charge < -0.3 is 15.5 Å². The molecule has 1 fully saturated rings. The number of nitrogens with zero attached hydrogens (tertiary/aromatic N) is 2. The maximum Gasteiger partial charge on any atom is 0.242 e. The number of benzene rings is 1. The maximum atomic E-state index is 12.7. The van der Waals surface area contributed by atoms with E-state index in [0.29, 0.717) is 13.1 Å². The van der Waals surface area contributed by atoms with E-state index >= 15 is 0 Å². The monoisotopic (exact) mass is 301 g/mol. The molecule has 3 rings (SSSR count). The molecule has 2 atom stereocenters. The summed E-state index contributed by atoms with van der Waals surface area (Å²) in [5, 5.41) is 0. The number of carbonyl (C=O) groups is 2. The van der Waals surface area contributed by atoms with Crippen LogP contribution in [-0.2, 0) is 16.0 Å². The molecule has 5 nitrogen and oxygen atoms in total. The summed E-state index contributed by atoms with van der Waals surface area (Å²) < 4.78 is 0. The summed E-state index contributed by atoms with van der Waals surface area (Å²) in [4.78, 5) is 28.1. The van der Waals surface area contributed by atoms with Crippen molar-refractivity contribution in [2.24, 2.45) is 11.7 Å². The number of primary amides is 1. The van der Waals surface area contributed by atoms with E-state index in [2.05, 4.69) is 17.0 Å². The van der Waals surface area contributed by atoms with E-state index in [4.69, 9.17) is 5.73 Å². The van der Waals surface area contributed by atoms with Crippen molar-refractivity contribution in [2.45, 2.75) is 32.2 Å². The van der Waals surface area contributed by atoms with E-state index in [9.17, 15) is 9.59 Å². The van der Waals surface area contributed by atoms with Crippen molar-refractivity contribution in [1.82, 2.24) is 4.90 Å². The lowest BCUT2D eigenvalue weighted by Gasteiger charge is -2.38. The number of amides is 2. The molecule has 1 aromatic rings. The van der Waals surface area contributed by atoms with Gasteiger partial charge in [0.05, 0.1) is 12.5 Å². The van der Waals surface area contributed by atoms with Crippen molar-refractivity contribution < 1.29 is 9.59 Å². The van der Waals surface area contributed by atoms with Crippen LogP contribution in [0.1, 0.15) is 25.3 Å². The lowest BCUT2D eigenvalue weighted by molar-refractivity contribution is -0.136. The van der Waals surface area contributed by atoms with Crippen LogP contribution in [0.2, 0.25) is 0 Å². The maximum absolute atomic E-state index is 12.7. The number of carbonyl (C=O) groups excluding carboxylic acids is 2. The Bertz CT molecular complexity index is 587. The first-order valence-electron chi connectivity index (χ1n) is 7.98. The highest BCUT2D eigenvalue weighted by Gasteiger charge is 2.32. The number of likely N-dealkylation sites (tertiary alicyclic amines) is 1.